The molecule has 0 unspecified atom stereocenters. The predicted molar refractivity (Wildman–Crippen MR) is 101 cm³/mol. The van der Waals surface area contributed by atoms with E-state index in [-0.39, 0.29) is 17.7 Å². The Labute approximate surface area is 165 Å². The molecule has 0 saturated carbocycles. The Morgan fingerprint density at radius 2 is 1.76 bits per heavy atom. The van der Waals surface area contributed by atoms with Gasteiger partial charge in [-0.3, -0.25) is 0 Å². The van der Waals surface area contributed by atoms with E-state index < -0.39 is 17.9 Å². The predicted octanol–water partition coefficient (Wildman–Crippen LogP) is 7.12. The van der Waals surface area contributed by atoms with Crippen LogP contribution in [0.25, 0.3) is 10.8 Å². The summed E-state index contributed by atoms with van der Waals surface area (Å²) in [5.74, 6) is -2.15. The zero-order valence-electron chi connectivity index (χ0n) is 15.7. The van der Waals surface area contributed by atoms with Crippen molar-refractivity contribution in [3.8, 4) is 5.75 Å². The Bertz CT molecular complexity index is 1060. The highest BCUT2D eigenvalue weighted by Crippen LogP contribution is 2.45. The molecular weight excluding hydrogens is 387 g/mol. The molecule has 3 aromatic rings. The molecule has 0 bridgehead atoms. The van der Waals surface area contributed by atoms with Gasteiger partial charge in [0.15, 0.2) is 11.6 Å². The van der Waals surface area contributed by atoms with Crippen molar-refractivity contribution in [3.63, 3.8) is 0 Å². The topological polar surface area (TPSA) is 9.23 Å². The van der Waals surface area contributed by atoms with Crippen LogP contribution in [0.15, 0.2) is 48.5 Å². The van der Waals surface area contributed by atoms with Crippen LogP contribution in [0.2, 0.25) is 0 Å². The fourth-order valence-corrected chi connectivity index (χ4v) is 4.53. The van der Waals surface area contributed by atoms with Gasteiger partial charge in [0.1, 0.15) is 5.82 Å². The van der Waals surface area contributed by atoms with Gasteiger partial charge in [-0.05, 0) is 59.0 Å². The first-order valence-corrected chi connectivity index (χ1v) is 9.53. The summed E-state index contributed by atoms with van der Waals surface area (Å²) in [4.78, 5) is 0. The van der Waals surface area contributed by atoms with E-state index in [9.17, 15) is 22.0 Å². The van der Waals surface area contributed by atoms with Crippen LogP contribution in [0.1, 0.15) is 42.4 Å². The van der Waals surface area contributed by atoms with Crippen molar-refractivity contribution in [2.45, 2.75) is 38.5 Å². The Morgan fingerprint density at radius 3 is 2.45 bits per heavy atom. The molecule has 0 aromatic heterocycles. The molecule has 0 heterocycles. The van der Waals surface area contributed by atoms with E-state index >= 15 is 0 Å². The SMILES string of the molecule is CC[C@@H]1CCc2c(ccc3c(F)cccc23)[C@H]1c1ccc(OC(F)(F)F)c(F)c1. The van der Waals surface area contributed by atoms with Gasteiger partial charge >= 0.3 is 6.36 Å². The van der Waals surface area contributed by atoms with Crippen molar-refractivity contribution < 1.29 is 26.7 Å². The minimum absolute atomic E-state index is 0.175. The summed E-state index contributed by atoms with van der Waals surface area (Å²) >= 11 is 0. The third-order valence-electron chi connectivity index (χ3n) is 5.79. The van der Waals surface area contributed by atoms with Crippen LogP contribution in [0, 0.1) is 17.6 Å². The van der Waals surface area contributed by atoms with Crippen molar-refractivity contribution in [1.82, 2.24) is 0 Å². The number of fused-ring (bicyclic) bond motifs is 3. The molecule has 29 heavy (non-hydrogen) atoms. The number of hydrogen-bond acceptors (Lipinski definition) is 1. The van der Waals surface area contributed by atoms with Gasteiger partial charge < -0.3 is 4.74 Å². The van der Waals surface area contributed by atoms with Gasteiger partial charge in [0.25, 0.3) is 0 Å². The Kier molecular flexibility index (Phi) is 4.97. The summed E-state index contributed by atoms with van der Waals surface area (Å²) in [5.41, 5.74) is 2.60. The van der Waals surface area contributed by atoms with Crippen molar-refractivity contribution in [1.29, 1.82) is 0 Å². The van der Waals surface area contributed by atoms with Crippen LogP contribution < -0.4 is 4.74 Å². The summed E-state index contributed by atoms with van der Waals surface area (Å²) in [7, 11) is 0. The average molecular weight is 406 g/mol. The Morgan fingerprint density at radius 1 is 0.966 bits per heavy atom. The summed E-state index contributed by atoms with van der Waals surface area (Å²) in [6.45, 7) is 2.04. The smallest absolute Gasteiger partial charge is 0.403 e. The zero-order chi connectivity index (χ0) is 20.8. The molecule has 0 radical (unpaired) electrons. The van der Waals surface area contributed by atoms with Gasteiger partial charge in [-0.15, -0.1) is 13.2 Å². The molecule has 0 fully saturated rings. The molecule has 4 rings (SSSR count). The first-order chi connectivity index (χ1) is 13.8. The first kappa shape index (κ1) is 19.7. The molecule has 0 saturated heterocycles. The highest BCUT2D eigenvalue weighted by molar-refractivity contribution is 5.88. The van der Waals surface area contributed by atoms with Crippen LogP contribution in [0.3, 0.4) is 0 Å². The standard InChI is InChI=1S/C23H19F5O/c1-2-13-6-8-16-15-4-3-5-19(24)17(15)9-10-18(16)22(13)14-7-11-21(20(25)12-14)29-23(26,27)28/h3-5,7,9-13,22H,2,6,8H2,1H3/t13-,22-/m1/s1. The highest BCUT2D eigenvalue weighted by atomic mass is 19.4. The number of alkyl halides is 3. The third kappa shape index (κ3) is 3.68. The lowest BCUT2D eigenvalue weighted by molar-refractivity contribution is -0.275. The first-order valence-electron chi connectivity index (χ1n) is 9.53. The van der Waals surface area contributed by atoms with Gasteiger partial charge in [0.2, 0.25) is 0 Å². The van der Waals surface area contributed by atoms with Gasteiger partial charge in [0.05, 0.1) is 0 Å². The second-order valence-electron chi connectivity index (χ2n) is 7.39. The lowest BCUT2D eigenvalue weighted by Gasteiger charge is -2.34. The fraction of sp³-hybridized carbons (Fsp3) is 0.304. The molecule has 2 atom stereocenters. The number of halogens is 5. The van der Waals surface area contributed by atoms with E-state index in [0.29, 0.717) is 10.9 Å². The van der Waals surface area contributed by atoms with E-state index in [0.717, 1.165) is 47.9 Å². The lowest BCUT2D eigenvalue weighted by atomic mass is 9.70. The molecule has 0 aliphatic heterocycles. The molecular formula is C23H19F5O. The number of aryl methyl sites for hydroxylation is 1. The van der Waals surface area contributed by atoms with E-state index in [1.54, 1.807) is 12.1 Å². The van der Waals surface area contributed by atoms with Crippen LogP contribution in [-0.2, 0) is 6.42 Å². The van der Waals surface area contributed by atoms with Crippen molar-refractivity contribution >= 4 is 10.8 Å². The Balaban J connectivity index is 1.82. The van der Waals surface area contributed by atoms with Crippen LogP contribution in [-0.4, -0.2) is 6.36 Å². The van der Waals surface area contributed by atoms with Crippen molar-refractivity contribution in [2.75, 3.05) is 0 Å². The summed E-state index contributed by atoms with van der Waals surface area (Å²) < 4.78 is 69.7. The molecule has 1 nitrogen and oxygen atoms in total. The number of benzene rings is 3. The van der Waals surface area contributed by atoms with Crippen molar-refractivity contribution in [2.24, 2.45) is 5.92 Å². The van der Waals surface area contributed by atoms with Crippen LogP contribution >= 0.6 is 0 Å². The molecule has 1 aliphatic rings. The maximum atomic E-state index is 14.4. The Hall–Kier alpha value is -2.63. The maximum Gasteiger partial charge on any atom is 0.573 e. The lowest BCUT2D eigenvalue weighted by Crippen LogP contribution is -2.22. The normalized spacial score (nSPS) is 19.2. The minimum Gasteiger partial charge on any atom is -0.403 e. The minimum atomic E-state index is -4.95. The van der Waals surface area contributed by atoms with Gasteiger partial charge in [-0.2, -0.15) is 0 Å². The van der Waals surface area contributed by atoms with E-state index in [2.05, 4.69) is 4.74 Å². The summed E-state index contributed by atoms with van der Waals surface area (Å²) in [5, 5.41) is 1.37. The second-order valence-corrected chi connectivity index (χ2v) is 7.39. The average Bonchev–Trinajstić information content (AvgIpc) is 2.67. The number of ether oxygens (including phenoxy) is 1. The molecule has 152 valence electrons. The largest absolute Gasteiger partial charge is 0.573 e. The molecule has 0 amide bonds. The second kappa shape index (κ2) is 7.32. The van der Waals surface area contributed by atoms with Gasteiger partial charge in [0, 0.05) is 11.3 Å². The maximum absolute atomic E-state index is 14.4. The van der Waals surface area contributed by atoms with E-state index in [4.69, 9.17) is 0 Å². The number of rotatable bonds is 3. The monoisotopic (exact) mass is 406 g/mol. The van der Waals surface area contributed by atoms with Crippen LogP contribution in [0.4, 0.5) is 22.0 Å². The van der Waals surface area contributed by atoms with E-state index in [1.165, 1.54) is 12.1 Å². The summed E-state index contributed by atoms with van der Waals surface area (Å²) in [6, 6.07) is 12.2. The fourth-order valence-electron chi connectivity index (χ4n) is 4.53. The quantitative estimate of drug-likeness (QED) is 0.421. The molecule has 3 aromatic carbocycles. The zero-order valence-corrected chi connectivity index (χ0v) is 15.7. The van der Waals surface area contributed by atoms with Crippen LogP contribution in [0.5, 0.6) is 5.75 Å². The molecule has 0 spiro atoms. The van der Waals surface area contributed by atoms with Gasteiger partial charge in [-0.25, -0.2) is 8.78 Å². The number of hydrogen-bond donors (Lipinski definition) is 0. The summed E-state index contributed by atoms with van der Waals surface area (Å²) in [6.07, 6.45) is -2.49. The third-order valence-corrected chi connectivity index (χ3v) is 5.79. The van der Waals surface area contributed by atoms with Gasteiger partial charge in [-0.1, -0.05) is 43.7 Å². The van der Waals surface area contributed by atoms with Crippen molar-refractivity contribution in [3.05, 3.63) is 76.9 Å². The highest BCUT2D eigenvalue weighted by Gasteiger charge is 2.34. The molecule has 6 heteroatoms. The van der Waals surface area contributed by atoms with E-state index in [1.807, 2.05) is 19.1 Å². The molecule has 0 N–H and O–H groups in total. The molecule has 1 aliphatic carbocycles.